The highest BCUT2D eigenvalue weighted by atomic mass is 79.9. The zero-order valence-corrected chi connectivity index (χ0v) is 14.3. The molecule has 0 spiro atoms. The molecule has 1 aliphatic rings. The summed E-state index contributed by atoms with van der Waals surface area (Å²) in [4.78, 5) is 0. The van der Waals surface area contributed by atoms with E-state index in [0.29, 0.717) is 18.6 Å². The standard InChI is InChI=1S/C15H26BrN3O/c1-4-7-17-14(11(2)12-5-6-12)15-13(16)10-18-19(15)8-9-20-3/h10-12,14,17H,4-9H2,1-3H3. The number of hydrogen-bond acceptors (Lipinski definition) is 3. The van der Waals surface area contributed by atoms with E-state index < -0.39 is 0 Å². The Kier molecular flexibility index (Phi) is 6.05. The highest BCUT2D eigenvalue weighted by Crippen LogP contribution is 2.43. The summed E-state index contributed by atoms with van der Waals surface area (Å²) >= 11 is 3.68. The van der Waals surface area contributed by atoms with Gasteiger partial charge in [-0.1, -0.05) is 13.8 Å². The quantitative estimate of drug-likeness (QED) is 0.746. The molecular formula is C15H26BrN3O. The lowest BCUT2D eigenvalue weighted by Crippen LogP contribution is -2.31. The minimum atomic E-state index is 0.371. The number of halogens is 1. The molecule has 1 fully saturated rings. The monoisotopic (exact) mass is 343 g/mol. The van der Waals surface area contributed by atoms with Gasteiger partial charge in [0.1, 0.15) is 0 Å². The van der Waals surface area contributed by atoms with Crippen LogP contribution in [0.5, 0.6) is 0 Å². The molecule has 2 atom stereocenters. The molecule has 0 aromatic carbocycles. The third-order valence-corrected chi connectivity index (χ3v) is 4.75. The normalized spacial score (nSPS) is 18.2. The van der Waals surface area contributed by atoms with Gasteiger partial charge in [-0.05, 0) is 53.6 Å². The molecule has 0 amide bonds. The zero-order valence-electron chi connectivity index (χ0n) is 12.7. The summed E-state index contributed by atoms with van der Waals surface area (Å²) in [5.41, 5.74) is 1.27. The molecule has 1 N–H and O–H groups in total. The Balaban J connectivity index is 2.19. The second kappa shape index (κ2) is 7.57. The molecule has 4 nitrogen and oxygen atoms in total. The van der Waals surface area contributed by atoms with Crippen molar-refractivity contribution in [3.63, 3.8) is 0 Å². The van der Waals surface area contributed by atoms with Gasteiger partial charge in [0.05, 0.1) is 35.6 Å². The molecule has 0 radical (unpaired) electrons. The van der Waals surface area contributed by atoms with Gasteiger partial charge in [0, 0.05) is 7.11 Å². The van der Waals surface area contributed by atoms with Gasteiger partial charge in [-0.3, -0.25) is 4.68 Å². The molecular weight excluding hydrogens is 318 g/mol. The van der Waals surface area contributed by atoms with Crippen LogP contribution in [0.15, 0.2) is 10.7 Å². The van der Waals surface area contributed by atoms with Gasteiger partial charge in [0.25, 0.3) is 0 Å². The molecule has 1 saturated carbocycles. The molecule has 0 bridgehead atoms. The summed E-state index contributed by atoms with van der Waals surface area (Å²) in [6, 6.07) is 0.371. The first kappa shape index (κ1) is 16.0. The summed E-state index contributed by atoms with van der Waals surface area (Å²) in [6.45, 7) is 7.12. The predicted molar refractivity (Wildman–Crippen MR) is 84.7 cm³/mol. The predicted octanol–water partition coefficient (Wildman–Crippen LogP) is 3.38. The molecule has 2 unspecified atom stereocenters. The third kappa shape index (κ3) is 3.83. The van der Waals surface area contributed by atoms with Gasteiger partial charge in [0.2, 0.25) is 0 Å². The Morgan fingerprint density at radius 2 is 2.30 bits per heavy atom. The summed E-state index contributed by atoms with van der Waals surface area (Å²) in [5, 5.41) is 8.21. The van der Waals surface area contributed by atoms with Crippen molar-refractivity contribution in [2.45, 2.75) is 45.7 Å². The molecule has 5 heteroatoms. The fraction of sp³-hybridized carbons (Fsp3) is 0.800. The zero-order chi connectivity index (χ0) is 14.5. The fourth-order valence-corrected chi connectivity index (χ4v) is 3.31. The van der Waals surface area contributed by atoms with Crippen molar-refractivity contribution in [3.8, 4) is 0 Å². The van der Waals surface area contributed by atoms with Crippen molar-refractivity contribution in [1.29, 1.82) is 0 Å². The summed E-state index contributed by atoms with van der Waals surface area (Å²) in [6.07, 6.45) is 5.80. The molecule has 0 aliphatic heterocycles. The first-order valence-corrected chi connectivity index (χ1v) is 8.41. The van der Waals surface area contributed by atoms with Crippen LogP contribution in [0.25, 0.3) is 0 Å². The Hall–Kier alpha value is -0.390. The molecule has 1 aliphatic carbocycles. The largest absolute Gasteiger partial charge is 0.383 e. The van der Waals surface area contributed by atoms with E-state index in [2.05, 4.69) is 44.9 Å². The van der Waals surface area contributed by atoms with Crippen LogP contribution in [0.2, 0.25) is 0 Å². The molecule has 1 aromatic rings. The van der Waals surface area contributed by atoms with E-state index in [9.17, 15) is 0 Å². The SMILES string of the molecule is CCCNC(c1c(Br)cnn1CCOC)C(C)C1CC1. The second-order valence-corrected chi connectivity index (χ2v) is 6.58. The first-order chi connectivity index (χ1) is 9.69. The van der Waals surface area contributed by atoms with Crippen molar-refractivity contribution < 1.29 is 4.74 Å². The van der Waals surface area contributed by atoms with Crippen molar-refractivity contribution in [1.82, 2.24) is 15.1 Å². The van der Waals surface area contributed by atoms with Gasteiger partial charge < -0.3 is 10.1 Å². The number of methoxy groups -OCH3 is 1. The second-order valence-electron chi connectivity index (χ2n) is 5.72. The first-order valence-electron chi connectivity index (χ1n) is 7.62. The maximum atomic E-state index is 5.19. The highest BCUT2D eigenvalue weighted by Gasteiger charge is 2.36. The Morgan fingerprint density at radius 1 is 1.55 bits per heavy atom. The van der Waals surface area contributed by atoms with E-state index in [1.807, 2.05) is 6.20 Å². The topological polar surface area (TPSA) is 39.1 Å². The maximum absolute atomic E-state index is 5.19. The summed E-state index contributed by atoms with van der Waals surface area (Å²) in [7, 11) is 1.73. The van der Waals surface area contributed by atoms with Crippen LogP contribution in [-0.2, 0) is 11.3 Å². The van der Waals surface area contributed by atoms with Gasteiger partial charge in [0.15, 0.2) is 0 Å². The van der Waals surface area contributed by atoms with Crippen molar-refractivity contribution >= 4 is 15.9 Å². The number of nitrogens with zero attached hydrogens (tertiary/aromatic N) is 2. The van der Waals surface area contributed by atoms with Crippen LogP contribution in [0.1, 0.15) is 44.8 Å². The number of hydrogen-bond donors (Lipinski definition) is 1. The minimum absolute atomic E-state index is 0.371. The fourth-order valence-electron chi connectivity index (χ4n) is 2.76. The smallest absolute Gasteiger partial charge is 0.0699 e. The van der Waals surface area contributed by atoms with E-state index in [-0.39, 0.29) is 0 Å². The Labute approximate surface area is 130 Å². The number of nitrogens with one attached hydrogen (secondary N) is 1. The van der Waals surface area contributed by atoms with E-state index in [1.165, 1.54) is 18.5 Å². The van der Waals surface area contributed by atoms with E-state index in [1.54, 1.807) is 7.11 Å². The molecule has 1 heterocycles. The third-order valence-electron chi connectivity index (χ3n) is 4.14. The summed E-state index contributed by atoms with van der Waals surface area (Å²) in [5.74, 6) is 1.51. The highest BCUT2D eigenvalue weighted by molar-refractivity contribution is 9.10. The molecule has 20 heavy (non-hydrogen) atoms. The lowest BCUT2D eigenvalue weighted by Gasteiger charge is -2.26. The lowest BCUT2D eigenvalue weighted by atomic mass is 9.93. The van der Waals surface area contributed by atoms with Crippen molar-refractivity contribution in [2.75, 3.05) is 20.3 Å². The Bertz CT molecular complexity index is 417. The summed E-state index contributed by atoms with van der Waals surface area (Å²) < 4.78 is 8.38. The van der Waals surface area contributed by atoms with Crippen molar-refractivity contribution in [2.24, 2.45) is 11.8 Å². The Morgan fingerprint density at radius 3 is 2.90 bits per heavy atom. The molecule has 1 aromatic heterocycles. The average Bonchev–Trinajstić information content (AvgIpc) is 3.23. The number of rotatable bonds is 9. The maximum Gasteiger partial charge on any atom is 0.0699 e. The minimum Gasteiger partial charge on any atom is -0.383 e. The van der Waals surface area contributed by atoms with Crippen LogP contribution in [0.3, 0.4) is 0 Å². The van der Waals surface area contributed by atoms with Gasteiger partial charge in [-0.25, -0.2) is 0 Å². The van der Waals surface area contributed by atoms with E-state index in [4.69, 9.17) is 4.74 Å². The van der Waals surface area contributed by atoms with Crippen LogP contribution in [-0.4, -0.2) is 30.0 Å². The molecule has 0 saturated heterocycles. The molecule has 114 valence electrons. The van der Waals surface area contributed by atoms with Gasteiger partial charge in [-0.2, -0.15) is 5.10 Å². The van der Waals surface area contributed by atoms with E-state index in [0.717, 1.165) is 29.9 Å². The van der Waals surface area contributed by atoms with Crippen LogP contribution >= 0.6 is 15.9 Å². The number of ether oxygens (including phenoxy) is 1. The lowest BCUT2D eigenvalue weighted by molar-refractivity contribution is 0.180. The average molecular weight is 344 g/mol. The van der Waals surface area contributed by atoms with Gasteiger partial charge >= 0.3 is 0 Å². The van der Waals surface area contributed by atoms with Crippen LogP contribution < -0.4 is 5.32 Å². The van der Waals surface area contributed by atoms with Crippen LogP contribution in [0.4, 0.5) is 0 Å². The van der Waals surface area contributed by atoms with Gasteiger partial charge in [-0.15, -0.1) is 0 Å². The van der Waals surface area contributed by atoms with E-state index >= 15 is 0 Å². The van der Waals surface area contributed by atoms with Crippen LogP contribution in [0, 0.1) is 11.8 Å². The number of aromatic nitrogens is 2. The van der Waals surface area contributed by atoms with Crippen molar-refractivity contribution in [3.05, 3.63) is 16.4 Å². The molecule has 2 rings (SSSR count).